The van der Waals surface area contributed by atoms with Gasteiger partial charge in [-0.2, -0.15) is 0 Å². The molecule has 96 valence electrons. The summed E-state index contributed by atoms with van der Waals surface area (Å²) < 4.78 is 10.6. The third kappa shape index (κ3) is 3.57. The maximum Gasteiger partial charge on any atom is 0.338 e. The number of rotatable bonds is 9. The van der Waals surface area contributed by atoms with E-state index in [0.717, 1.165) is 19.3 Å². The molecule has 0 radical (unpaired) electrons. The molecule has 4 nitrogen and oxygen atoms in total. The van der Waals surface area contributed by atoms with Gasteiger partial charge in [-0.15, -0.1) is 0 Å². The number of hydrogen-bond acceptors (Lipinski definition) is 3. The largest absolute Gasteiger partial charge is 0.481 e. The molecule has 0 aliphatic heterocycles. The molecule has 1 atom stereocenters. The average molecular weight is 248 g/mol. The Labute approximate surface area is 99.8 Å². The lowest BCUT2D eigenvalue weighted by atomic mass is 9.96. The van der Waals surface area contributed by atoms with Crippen LogP contribution in [0.5, 0.6) is 0 Å². The first-order valence-electron chi connectivity index (χ1n) is 5.88. The molecule has 0 fully saturated rings. The van der Waals surface area contributed by atoms with Crippen molar-refractivity contribution in [2.75, 3.05) is 14.2 Å². The van der Waals surface area contributed by atoms with Crippen LogP contribution in [0.2, 0.25) is 5.04 Å². The highest BCUT2D eigenvalue weighted by molar-refractivity contribution is 6.54. The van der Waals surface area contributed by atoms with Gasteiger partial charge in [0.25, 0.3) is 0 Å². The van der Waals surface area contributed by atoms with Gasteiger partial charge in [0.2, 0.25) is 0 Å². The SMILES string of the molecule is CCCCC(CCC)(C(=O)O)[SiH](OC)OC. The fourth-order valence-electron chi connectivity index (χ4n) is 2.16. The minimum atomic E-state index is -2.15. The molecule has 0 saturated heterocycles. The normalized spacial score (nSPS) is 15.1. The van der Waals surface area contributed by atoms with E-state index in [-0.39, 0.29) is 0 Å². The molecule has 0 aromatic rings. The highest BCUT2D eigenvalue weighted by atomic mass is 28.3. The molecule has 5 heteroatoms. The van der Waals surface area contributed by atoms with Crippen molar-refractivity contribution in [2.45, 2.75) is 51.0 Å². The van der Waals surface area contributed by atoms with Crippen LogP contribution in [-0.2, 0) is 13.6 Å². The second-order valence-corrected chi connectivity index (χ2v) is 6.83. The second-order valence-electron chi connectivity index (χ2n) is 4.12. The molecular weight excluding hydrogens is 224 g/mol. The van der Waals surface area contributed by atoms with Gasteiger partial charge in [0.1, 0.15) is 5.04 Å². The summed E-state index contributed by atoms with van der Waals surface area (Å²) in [6.45, 7) is 4.06. The Bertz CT molecular complexity index is 206. The molecule has 0 rings (SSSR count). The van der Waals surface area contributed by atoms with Gasteiger partial charge in [0.05, 0.1) is 0 Å². The number of carboxylic acid groups (broad SMARTS) is 1. The van der Waals surface area contributed by atoms with Crippen molar-refractivity contribution in [3.8, 4) is 0 Å². The van der Waals surface area contributed by atoms with Gasteiger partial charge in [-0.05, 0) is 12.8 Å². The molecule has 0 heterocycles. The third-order valence-corrected chi connectivity index (χ3v) is 5.56. The van der Waals surface area contributed by atoms with Crippen molar-refractivity contribution in [1.82, 2.24) is 0 Å². The lowest BCUT2D eigenvalue weighted by molar-refractivity contribution is -0.142. The predicted molar refractivity (Wildman–Crippen MR) is 65.9 cm³/mol. The number of aliphatic carboxylic acids is 1. The molecular formula is C11H24O4Si. The van der Waals surface area contributed by atoms with E-state index in [2.05, 4.69) is 6.92 Å². The van der Waals surface area contributed by atoms with Crippen molar-refractivity contribution >= 4 is 15.3 Å². The highest BCUT2D eigenvalue weighted by Gasteiger charge is 2.47. The smallest absolute Gasteiger partial charge is 0.338 e. The topological polar surface area (TPSA) is 55.8 Å². The van der Waals surface area contributed by atoms with E-state index in [9.17, 15) is 9.90 Å². The van der Waals surface area contributed by atoms with Gasteiger partial charge in [0, 0.05) is 14.2 Å². The Morgan fingerprint density at radius 1 is 1.19 bits per heavy atom. The van der Waals surface area contributed by atoms with E-state index in [0.29, 0.717) is 12.8 Å². The maximum absolute atomic E-state index is 11.6. The molecule has 0 spiro atoms. The summed E-state index contributed by atoms with van der Waals surface area (Å²) in [6.07, 6.45) is 4.04. The fraction of sp³-hybridized carbons (Fsp3) is 0.909. The Morgan fingerprint density at radius 2 is 1.75 bits per heavy atom. The predicted octanol–water partition coefficient (Wildman–Crippen LogP) is 2.32. The molecule has 0 aromatic carbocycles. The summed E-state index contributed by atoms with van der Waals surface area (Å²) >= 11 is 0. The first-order chi connectivity index (χ1) is 7.58. The number of carboxylic acids is 1. The highest BCUT2D eigenvalue weighted by Crippen LogP contribution is 2.42. The molecule has 0 bridgehead atoms. The first kappa shape index (κ1) is 15.6. The third-order valence-electron chi connectivity index (χ3n) is 2.98. The van der Waals surface area contributed by atoms with Crippen LogP contribution in [0, 0.1) is 0 Å². The zero-order valence-electron chi connectivity index (χ0n) is 10.8. The maximum atomic E-state index is 11.6. The summed E-state index contributed by atoms with van der Waals surface area (Å²) in [5, 5.41) is 8.72. The van der Waals surface area contributed by atoms with Crippen LogP contribution < -0.4 is 0 Å². The van der Waals surface area contributed by atoms with Crippen molar-refractivity contribution < 1.29 is 18.8 Å². The van der Waals surface area contributed by atoms with Crippen LogP contribution in [0.4, 0.5) is 0 Å². The van der Waals surface area contributed by atoms with E-state index in [1.807, 2.05) is 6.92 Å². The minimum absolute atomic E-state index is 0.640. The van der Waals surface area contributed by atoms with Gasteiger partial charge in [-0.25, -0.2) is 0 Å². The summed E-state index contributed by atoms with van der Waals surface area (Å²) in [5.41, 5.74) is 0. The van der Waals surface area contributed by atoms with E-state index in [1.54, 1.807) is 14.2 Å². The van der Waals surface area contributed by atoms with Gasteiger partial charge >= 0.3 is 15.3 Å². The molecule has 16 heavy (non-hydrogen) atoms. The zero-order valence-corrected chi connectivity index (χ0v) is 11.9. The first-order valence-corrected chi connectivity index (χ1v) is 7.40. The lowest BCUT2D eigenvalue weighted by Gasteiger charge is -2.33. The molecule has 1 N–H and O–H groups in total. The van der Waals surface area contributed by atoms with Crippen LogP contribution >= 0.6 is 0 Å². The van der Waals surface area contributed by atoms with Gasteiger partial charge < -0.3 is 14.0 Å². The summed E-state index contributed by atoms with van der Waals surface area (Å²) in [5.74, 6) is -0.761. The van der Waals surface area contributed by atoms with Crippen LogP contribution in [0.25, 0.3) is 0 Å². The quantitative estimate of drug-likeness (QED) is 0.636. The molecule has 0 aliphatic carbocycles. The average Bonchev–Trinajstić information content (AvgIpc) is 2.26. The van der Waals surface area contributed by atoms with Crippen LogP contribution in [-0.4, -0.2) is 34.6 Å². The molecule has 0 saturated carbocycles. The molecule has 0 aliphatic rings. The Hall–Kier alpha value is -0.393. The van der Waals surface area contributed by atoms with Crippen molar-refractivity contribution in [3.05, 3.63) is 0 Å². The number of hydrogen-bond donors (Lipinski definition) is 1. The Kier molecular flexibility index (Phi) is 7.62. The van der Waals surface area contributed by atoms with E-state index in [4.69, 9.17) is 8.85 Å². The van der Waals surface area contributed by atoms with Gasteiger partial charge in [0.15, 0.2) is 0 Å². The summed E-state index contributed by atoms with van der Waals surface area (Å²) in [7, 11) is 0.961. The standard InChI is InChI=1S/C11H24O4Si/c1-5-7-9-11(8-6-2,10(12)13)16(14-3)15-4/h16H,5-9H2,1-4H3,(H,12,13). The number of carbonyl (C=O) groups is 1. The monoisotopic (exact) mass is 248 g/mol. The summed E-state index contributed by atoms with van der Waals surface area (Å²) in [4.78, 5) is 11.6. The zero-order chi connectivity index (χ0) is 12.6. The van der Waals surface area contributed by atoms with E-state index >= 15 is 0 Å². The Morgan fingerprint density at radius 3 is 2.06 bits per heavy atom. The van der Waals surface area contributed by atoms with E-state index in [1.165, 1.54) is 0 Å². The van der Waals surface area contributed by atoms with Crippen molar-refractivity contribution in [1.29, 1.82) is 0 Å². The fourth-order valence-corrected chi connectivity index (χ4v) is 4.42. The molecule has 1 unspecified atom stereocenters. The second kappa shape index (κ2) is 7.81. The van der Waals surface area contributed by atoms with Gasteiger partial charge in [-0.3, -0.25) is 4.79 Å². The molecule has 0 amide bonds. The molecule has 0 aromatic heterocycles. The van der Waals surface area contributed by atoms with Crippen LogP contribution in [0.15, 0.2) is 0 Å². The Balaban J connectivity index is 4.97. The minimum Gasteiger partial charge on any atom is -0.481 e. The van der Waals surface area contributed by atoms with Crippen molar-refractivity contribution in [3.63, 3.8) is 0 Å². The summed E-state index contributed by atoms with van der Waals surface area (Å²) in [6, 6.07) is 0. The van der Waals surface area contributed by atoms with E-state index < -0.39 is 20.3 Å². The van der Waals surface area contributed by atoms with Crippen LogP contribution in [0.3, 0.4) is 0 Å². The lowest BCUT2D eigenvalue weighted by Crippen LogP contribution is -2.42. The van der Waals surface area contributed by atoms with Crippen molar-refractivity contribution in [2.24, 2.45) is 0 Å². The van der Waals surface area contributed by atoms with Crippen LogP contribution in [0.1, 0.15) is 46.0 Å². The van der Waals surface area contributed by atoms with Gasteiger partial charge in [-0.1, -0.05) is 33.1 Å². The number of unbranched alkanes of at least 4 members (excludes halogenated alkanes) is 1.